The topological polar surface area (TPSA) is 128 Å². The van der Waals surface area contributed by atoms with Crippen LogP contribution in [-0.4, -0.2) is 113 Å². The lowest BCUT2D eigenvalue weighted by Gasteiger charge is -2.28. The molecule has 12 nitrogen and oxygen atoms in total. The second-order valence-electron chi connectivity index (χ2n) is 9.79. The molecule has 0 N–H and O–H groups in total. The van der Waals surface area contributed by atoms with Gasteiger partial charge in [-0.3, -0.25) is 0 Å². The number of carbonyl (C=O) groups is 3. The molecule has 0 fully saturated rings. The van der Waals surface area contributed by atoms with Gasteiger partial charge in [0.05, 0.1) is 79.2 Å². The number of hydrogen-bond donors (Lipinski definition) is 0. The zero-order valence-corrected chi connectivity index (χ0v) is 24.1. The van der Waals surface area contributed by atoms with E-state index in [-0.39, 0.29) is 25.7 Å². The highest BCUT2D eigenvalue weighted by Gasteiger charge is 2.30. The first kappa shape index (κ1) is 35.8. The number of imide groups is 1. The molecular weight excluding hydrogens is 502 g/mol. The van der Waals surface area contributed by atoms with Crippen molar-refractivity contribution in [3.8, 4) is 0 Å². The number of amides is 2. The Kier molecular flexibility index (Phi) is 19.5. The summed E-state index contributed by atoms with van der Waals surface area (Å²) < 4.78 is 42.3. The first-order valence-electron chi connectivity index (χ1n) is 12.8. The maximum Gasteiger partial charge on any atom is 0.419 e. The lowest BCUT2D eigenvalue weighted by Crippen LogP contribution is -2.45. The summed E-state index contributed by atoms with van der Waals surface area (Å²) in [5, 5.41) is 0. The molecular formula is C26H47NO11. The lowest BCUT2D eigenvalue weighted by molar-refractivity contribution is -0.137. The summed E-state index contributed by atoms with van der Waals surface area (Å²) in [4.78, 5) is 36.8. The van der Waals surface area contributed by atoms with Crippen LogP contribution >= 0.6 is 0 Å². The molecule has 0 heterocycles. The van der Waals surface area contributed by atoms with E-state index in [0.717, 1.165) is 4.90 Å². The van der Waals surface area contributed by atoms with E-state index in [0.29, 0.717) is 59.5 Å². The van der Waals surface area contributed by atoms with Gasteiger partial charge in [0.25, 0.3) is 0 Å². The van der Waals surface area contributed by atoms with Gasteiger partial charge >= 0.3 is 18.2 Å². The zero-order valence-electron chi connectivity index (χ0n) is 24.1. The summed E-state index contributed by atoms with van der Waals surface area (Å²) in [6, 6.07) is 0. The summed E-state index contributed by atoms with van der Waals surface area (Å²) in [6.07, 6.45) is 1.35. The molecule has 12 heteroatoms. The predicted molar refractivity (Wildman–Crippen MR) is 139 cm³/mol. The van der Waals surface area contributed by atoms with Gasteiger partial charge in [-0.1, -0.05) is 6.08 Å². The predicted octanol–water partition coefficient (Wildman–Crippen LogP) is 3.36. The fourth-order valence-corrected chi connectivity index (χ4v) is 2.41. The van der Waals surface area contributed by atoms with Crippen molar-refractivity contribution >= 4 is 18.2 Å². The fourth-order valence-electron chi connectivity index (χ4n) is 2.41. The van der Waals surface area contributed by atoms with Crippen molar-refractivity contribution in [1.29, 1.82) is 0 Å². The maximum absolute atomic E-state index is 12.4. The molecule has 0 aliphatic rings. The molecule has 0 aromatic rings. The molecule has 0 aliphatic carbocycles. The molecule has 0 rings (SSSR count). The van der Waals surface area contributed by atoms with E-state index in [4.69, 9.17) is 37.9 Å². The number of carbonyl (C=O) groups excluding carboxylic acids is 3. The molecule has 2 amide bonds. The highest BCUT2D eigenvalue weighted by atomic mass is 16.6. The van der Waals surface area contributed by atoms with Crippen LogP contribution in [0.1, 0.15) is 48.5 Å². The van der Waals surface area contributed by atoms with Crippen LogP contribution in [0.25, 0.3) is 0 Å². The van der Waals surface area contributed by atoms with Crippen molar-refractivity contribution < 1.29 is 52.3 Å². The van der Waals surface area contributed by atoms with Gasteiger partial charge in [-0.05, 0) is 48.5 Å². The molecule has 0 unspecified atom stereocenters. The number of nitrogens with zero attached hydrogens (tertiary/aromatic N) is 1. The molecule has 0 saturated heterocycles. The average molecular weight is 550 g/mol. The minimum Gasteiger partial charge on any atom is -0.463 e. The normalized spacial score (nSPS) is 12.0. The molecule has 222 valence electrons. The van der Waals surface area contributed by atoms with Gasteiger partial charge in [0.2, 0.25) is 0 Å². The van der Waals surface area contributed by atoms with Crippen molar-refractivity contribution in [2.24, 2.45) is 0 Å². The average Bonchev–Trinajstić information content (AvgIpc) is 2.78. The van der Waals surface area contributed by atoms with E-state index < -0.39 is 23.4 Å². The van der Waals surface area contributed by atoms with Gasteiger partial charge in [-0.2, -0.15) is 0 Å². The Hall–Kier alpha value is -2.25. The monoisotopic (exact) mass is 549 g/mol. The van der Waals surface area contributed by atoms with Crippen molar-refractivity contribution in [3.05, 3.63) is 12.2 Å². The van der Waals surface area contributed by atoms with Gasteiger partial charge < -0.3 is 37.9 Å². The Balaban J connectivity index is 3.79. The molecule has 38 heavy (non-hydrogen) atoms. The summed E-state index contributed by atoms with van der Waals surface area (Å²) in [6.45, 7) is 15.9. The highest BCUT2D eigenvalue weighted by Crippen LogP contribution is 2.14. The Labute approximate surface area is 226 Å². The van der Waals surface area contributed by atoms with Crippen LogP contribution in [0, 0.1) is 0 Å². The summed E-state index contributed by atoms with van der Waals surface area (Å²) >= 11 is 0. The van der Waals surface area contributed by atoms with Crippen LogP contribution in [0.5, 0.6) is 0 Å². The van der Waals surface area contributed by atoms with Gasteiger partial charge in [-0.25, -0.2) is 19.3 Å². The molecule has 0 atom stereocenters. The van der Waals surface area contributed by atoms with E-state index in [1.165, 1.54) is 6.08 Å². The largest absolute Gasteiger partial charge is 0.463 e. The number of ether oxygens (including phenoxy) is 8. The quantitative estimate of drug-likeness (QED) is 0.102. The molecule has 0 spiro atoms. The van der Waals surface area contributed by atoms with Crippen LogP contribution in [-0.2, 0) is 42.7 Å². The Morgan fingerprint density at radius 1 is 0.632 bits per heavy atom. The van der Waals surface area contributed by atoms with Crippen molar-refractivity contribution in [2.45, 2.75) is 59.7 Å². The highest BCUT2D eigenvalue weighted by molar-refractivity contribution is 5.88. The smallest absolute Gasteiger partial charge is 0.419 e. The first-order valence-corrected chi connectivity index (χ1v) is 12.8. The SMILES string of the molecule is CCOC(=O)/C=C/COCCOCCOCCOCCOCCN(C(=O)OC(C)(C)C)C(=O)OC(C)(C)C. The minimum atomic E-state index is -0.788. The number of hydrogen-bond acceptors (Lipinski definition) is 11. The second-order valence-corrected chi connectivity index (χ2v) is 9.79. The molecule has 0 aliphatic heterocycles. The van der Waals surface area contributed by atoms with E-state index in [1.807, 2.05) is 0 Å². The first-order chi connectivity index (χ1) is 17.9. The Bertz CT molecular complexity index is 656. The van der Waals surface area contributed by atoms with Gasteiger partial charge in [-0.15, -0.1) is 0 Å². The molecule has 0 bridgehead atoms. The third-order valence-corrected chi connectivity index (χ3v) is 3.93. The zero-order chi connectivity index (χ0) is 28.9. The number of rotatable bonds is 19. The summed E-state index contributed by atoms with van der Waals surface area (Å²) in [5.41, 5.74) is -1.50. The maximum atomic E-state index is 12.4. The third-order valence-electron chi connectivity index (χ3n) is 3.93. The van der Waals surface area contributed by atoms with E-state index in [9.17, 15) is 14.4 Å². The van der Waals surface area contributed by atoms with Gasteiger partial charge in [0.1, 0.15) is 11.2 Å². The van der Waals surface area contributed by atoms with Crippen molar-refractivity contribution in [3.63, 3.8) is 0 Å². The molecule has 0 saturated carbocycles. The van der Waals surface area contributed by atoms with Crippen LogP contribution in [0.2, 0.25) is 0 Å². The Morgan fingerprint density at radius 3 is 1.42 bits per heavy atom. The second kappa shape index (κ2) is 20.7. The van der Waals surface area contributed by atoms with Gasteiger partial charge in [0, 0.05) is 6.08 Å². The standard InChI is InChI=1S/C26H47NO11/c1-8-36-22(28)10-9-12-31-14-16-33-18-20-35-21-19-34-17-15-32-13-11-27(23(29)37-25(2,3)4)24(30)38-26(5,6)7/h9-10H,8,11-21H2,1-7H3/b10-9+. The molecule has 0 radical (unpaired) electrons. The van der Waals surface area contributed by atoms with Crippen molar-refractivity contribution in [2.75, 3.05) is 79.2 Å². The van der Waals surface area contributed by atoms with Crippen molar-refractivity contribution in [1.82, 2.24) is 4.90 Å². The van der Waals surface area contributed by atoms with Crippen LogP contribution < -0.4 is 0 Å². The Morgan fingerprint density at radius 2 is 1.03 bits per heavy atom. The third kappa shape index (κ3) is 22.9. The summed E-state index contributed by atoms with van der Waals surface area (Å²) in [7, 11) is 0. The summed E-state index contributed by atoms with van der Waals surface area (Å²) in [5.74, 6) is -0.386. The minimum absolute atomic E-state index is 0.0116. The van der Waals surface area contributed by atoms with E-state index >= 15 is 0 Å². The van der Waals surface area contributed by atoms with Gasteiger partial charge in [0.15, 0.2) is 0 Å². The fraction of sp³-hybridized carbons (Fsp3) is 0.808. The van der Waals surface area contributed by atoms with Crippen LogP contribution in [0.4, 0.5) is 9.59 Å². The molecule has 0 aromatic heterocycles. The van der Waals surface area contributed by atoms with Crippen LogP contribution in [0.3, 0.4) is 0 Å². The van der Waals surface area contributed by atoms with E-state index in [1.54, 1.807) is 54.5 Å². The number of esters is 1. The lowest BCUT2D eigenvalue weighted by atomic mass is 10.2. The van der Waals surface area contributed by atoms with Crippen LogP contribution in [0.15, 0.2) is 12.2 Å². The molecule has 0 aromatic carbocycles. The van der Waals surface area contributed by atoms with E-state index in [2.05, 4.69) is 0 Å².